The quantitative estimate of drug-likeness (QED) is 0.796. The van der Waals surface area contributed by atoms with Gasteiger partial charge < -0.3 is 0 Å². The van der Waals surface area contributed by atoms with Gasteiger partial charge >= 0.3 is 0 Å². The predicted molar refractivity (Wildman–Crippen MR) is 70.8 cm³/mol. The summed E-state index contributed by atoms with van der Waals surface area (Å²) in [7, 11) is 3.07. The van der Waals surface area contributed by atoms with Crippen LogP contribution in [0, 0.1) is 0 Å². The Bertz CT molecular complexity index is 568. The minimum absolute atomic E-state index is 0.162. The minimum atomic E-state index is -0.162. The first-order valence-electron chi connectivity index (χ1n) is 5.14. The van der Waals surface area contributed by atoms with Gasteiger partial charge in [0.15, 0.2) is 0 Å². The Kier molecular flexibility index (Phi) is 3.45. The van der Waals surface area contributed by atoms with Crippen LogP contribution in [0.2, 0.25) is 0 Å². The Morgan fingerprint density at radius 1 is 1.29 bits per heavy atom. The van der Waals surface area contributed by atoms with Gasteiger partial charge in [-0.15, -0.1) is 0 Å². The molecule has 3 nitrogen and oxygen atoms in total. The normalized spacial score (nSPS) is 10.5. The average molecular weight is 294 g/mol. The van der Waals surface area contributed by atoms with Crippen LogP contribution in [0.1, 0.15) is 10.4 Å². The van der Waals surface area contributed by atoms with Crippen molar-refractivity contribution in [3.05, 3.63) is 46.4 Å². The Morgan fingerprint density at radius 2 is 2.00 bits per heavy atom. The van der Waals surface area contributed by atoms with Crippen LogP contribution in [-0.2, 0) is 4.84 Å². The number of hydrogen-bond donors (Lipinski definition) is 0. The van der Waals surface area contributed by atoms with Crippen molar-refractivity contribution in [2.24, 2.45) is 0 Å². The fourth-order valence-electron chi connectivity index (χ4n) is 1.70. The van der Waals surface area contributed by atoms with Crippen LogP contribution in [0.4, 0.5) is 0 Å². The number of rotatable bonds is 2. The monoisotopic (exact) mass is 293 g/mol. The van der Waals surface area contributed by atoms with Crippen molar-refractivity contribution in [3.63, 3.8) is 0 Å². The van der Waals surface area contributed by atoms with Gasteiger partial charge in [0.05, 0.1) is 12.7 Å². The van der Waals surface area contributed by atoms with Crippen LogP contribution >= 0.6 is 15.9 Å². The van der Waals surface area contributed by atoms with Crippen molar-refractivity contribution < 1.29 is 9.63 Å². The molecule has 0 saturated carbocycles. The summed E-state index contributed by atoms with van der Waals surface area (Å²) in [4.78, 5) is 17.0. The molecule has 0 radical (unpaired) electrons. The molecule has 0 bridgehead atoms. The number of benzene rings is 2. The molecule has 0 heterocycles. The van der Waals surface area contributed by atoms with E-state index in [0.29, 0.717) is 5.56 Å². The molecule has 0 aliphatic rings. The maximum atomic E-state index is 12.1. The lowest BCUT2D eigenvalue weighted by molar-refractivity contribution is -0.0755. The lowest BCUT2D eigenvalue weighted by atomic mass is 10.0. The number of halogens is 1. The second kappa shape index (κ2) is 4.85. The average Bonchev–Trinajstić information content (AvgIpc) is 2.35. The molecule has 0 fully saturated rings. The number of hydrogen-bond acceptors (Lipinski definition) is 2. The summed E-state index contributed by atoms with van der Waals surface area (Å²) in [5, 5.41) is 3.16. The summed E-state index contributed by atoms with van der Waals surface area (Å²) >= 11 is 3.41. The predicted octanol–water partition coefficient (Wildman–Crippen LogP) is 3.24. The standard InChI is InChI=1S/C13H12BrNO2/c1-15(17-2)13(16)12-8-10(14)7-9-5-3-4-6-11(9)12/h3-8H,1-2H3. The molecule has 2 aromatic carbocycles. The van der Waals surface area contributed by atoms with Crippen LogP contribution in [0.15, 0.2) is 40.9 Å². The van der Waals surface area contributed by atoms with Crippen LogP contribution in [-0.4, -0.2) is 25.1 Å². The molecule has 4 heteroatoms. The third-order valence-corrected chi connectivity index (χ3v) is 3.07. The van der Waals surface area contributed by atoms with Crippen LogP contribution in [0.25, 0.3) is 10.8 Å². The molecule has 2 rings (SSSR count). The Morgan fingerprint density at radius 3 is 2.71 bits per heavy atom. The molecule has 0 unspecified atom stereocenters. The van der Waals surface area contributed by atoms with Gasteiger partial charge in [0.2, 0.25) is 0 Å². The molecule has 0 saturated heterocycles. The van der Waals surface area contributed by atoms with E-state index in [1.54, 1.807) is 13.1 Å². The minimum Gasteiger partial charge on any atom is -0.274 e. The molecule has 0 atom stereocenters. The van der Waals surface area contributed by atoms with E-state index in [-0.39, 0.29) is 5.91 Å². The van der Waals surface area contributed by atoms with Gasteiger partial charge in [0, 0.05) is 11.5 Å². The molecule has 1 amide bonds. The van der Waals surface area contributed by atoms with Crippen molar-refractivity contribution in [2.75, 3.05) is 14.2 Å². The number of nitrogens with zero attached hydrogens (tertiary/aromatic N) is 1. The van der Waals surface area contributed by atoms with Crippen molar-refractivity contribution in [1.29, 1.82) is 0 Å². The molecule has 0 aliphatic carbocycles. The molecule has 17 heavy (non-hydrogen) atoms. The summed E-state index contributed by atoms with van der Waals surface area (Å²) in [5.74, 6) is -0.162. The summed E-state index contributed by atoms with van der Waals surface area (Å²) in [5.41, 5.74) is 0.624. The third kappa shape index (κ3) is 2.33. The van der Waals surface area contributed by atoms with Gasteiger partial charge in [-0.25, -0.2) is 5.06 Å². The van der Waals surface area contributed by atoms with Crippen LogP contribution in [0.5, 0.6) is 0 Å². The largest absolute Gasteiger partial charge is 0.277 e. The zero-order valence-corrected chi connectivity index (χ0v) is 11.2. The zero-order chi connectivity index (χ0) is 12.4. The number of amides is 1. The second-order valence-corrected chi connectivity index (χ2v) is 4.58. The van der Waals surface area contributed by atoms with Gasteiger partial charge in [-0.3, -0.25) is 9.63 Å². The lowest BCUT2D eigenvalue weighted by Crippen LogP contribution is -2.25. The number of carbonyl (C=O) groups excluding carboxylic acids is 1. The van der Waals surface area contributed by atoms with Gasteiger partial charge in [-0.1, -0.05) is 40.2 Å². The van der Waals surface area contributed by atoms with Crippen molar-refractivity contribution >= 4 is 32.6 Å². The summed E-state index contributed by atoms with van der Waals surface area (Å²) < 4.78 is 0.879. The fourth-order valence-corrected chi connectivity index (χ4v) is 2.18. The molecular formula is C13H12BrNO2. The van der Waals surface area contributed by atoms with Crippen molar-refractivity contribution in [2.45, 2.75) is 0 Å². The van der Waals surface area contributed by atoms with Crippen LogP contribution in [0.3, 0.4) is 0 Å². The van der Waals surface area contributed by atoms with Crippen LogP contribution < -0.4 is 0 Å². The molecule has 0 aromatic heterocycles. The number of hydroxylamine groups is 2. The molecule has 0 N–H and O–H groups in total. The first-order chi connectivity index (χ1) is 8.13. The second-order valence-electron chi connectivity index (χ2n) is 3.66. The fraction of sp³-hybridized carbons (Fsp3) is 0.154. The van der Waals surface area contributed by atoms with E-state index >= 15 is 0 Å². The Labute approximate surface area is 108 Å². The topological polar surface area (TPSA) is 29.5 Å². The molecule has 88 valence electrons. The molecule has 0 aliphatic heterocycles. The van der Waals surface area contributed by atoms with E-state index in [9.17, 15) is 4.79 Å². The lowest BCUT2D eigenvalue weighted by Gasteiger charge is -2.15. The van der Waals surface area contributed by atoms with E-state index in [2.05, 4.69) is 15.9 Å². The van der Waals surface area contributed by atoms with Gasteiger partial charge in [-0.2, -0.15) is 0 Å². The third-order valence-electron chi connectivity index (χ3n) is 2.62. The number of carbonyl (C=O) groups is 1. The van der Waals surface area contributed by atoms with Gasteiger partial charge in [0.25, 0.3) is 5.91 Å². The zero-order valence-electron chi connectivity index (χ0n) is 9.61. The maximum Gasteiger partial charge on any atom is 0.277 e. The maximum absolute atomic E-state index is 12.1. The summed E-state index contributed by atoms with van der Waals surface area (Å²) in [6.45, 7) is 0. The number of fused-ring (bicyclic) bond motifs is 1. The highest BCUT2D eigenvalue weighted by atomic mass is 79.9. The van der Waals surface area contributed by atoms with Crippen molar-refractivity contribution in [3.8, 4) is 0 Å². The van der Waals surface area contributed by atoms with E-state index in [1.165, 1.54) is 12.2 Å². The smallest absolute Gasteiger partial charge is 0.274 e. The van der Waals surface area contributed by atoms with Gasteiger partial charge in [0.1, 0.15) is 0 Å². The van der Waals surface area contributed by atoms with E-state index in [1.807, 2.05) is 30.3 Å². The Balaban J connectivity index is 2.64. The molecule has 0 spiro atoms. The summed E-state index contributed by atoms with van der Waals surface area (Å²) in [6.07, 6.45) is 0. The molecular weight excluding hydrogens is 282 g/mol. The first-order valence-corrected chi connectivity index (χ1v) is 5.93. The first kappa shape index (κ1) is 12.1. The SMILES string of the molecule is CON(C)C(=O)c1cc(Br)cc2ccccc12. The summed E-state index contributed by atoms with van der Waals surface area (Å²) in [6, 6.07) is 11.6. The highest BCUT2D eigenvalue weighted by Gasteiger charge is 2.15. The van der Waals surface area contributed by atoms with E-state index in [4.69, 9.17) is 4.84 Å². The highest BCUT2D eigenvalue weighted by molar-refractivity contribution is 9.10. The van der Waals surface area contributed by atoms with E-state index < -0.39 is 0 Å². The van der Waals surface area contributed by atoms with Crippen molar-refractivity contribution in [1.82, 2.24) is 5.06 Å². The Hall–Kier alpha value is -1.39. The highest BCUT2D eigenvalue weighted by Crippen LogP contribution is 2.25. The van der Waals surface area contributed by atoms with E-state index in [0.717, 1.165) is 15.2 Å². The van der Waals surface area contributed by atoms with Gasteiger partial charge in [-0.05, 0) is 22.9 Å². The molecule has 2 aromatic rings.